The molecule has 1 aromatic carbocycles. The van der Waals surface area contributed by atoms with Gasteiger partial charge in [-0.3, -0.25) is 10.1 Å². The van der Waals surface area contributed by atoms with Crippen molar-refractivity contribution in [2.24, 2.45) is 0 Å². The van der Waals surface area contributed by atoms with Gasteiger partial charge in [-0.15, -0.1) is 0 Å². The SMILES string of the molecule is Cc1ccc(/C=C/C2COCCN2)cc1[N+](=O)[O-]. The third-order valence-corrected chi connectivity index (χ3v) is 2.90. The van der Waals surface area contributed by atoms with Crippen LogP contribution in [0, 0.1) is 17.0 Å². The molecule has 1 aliphatic rings. The lowest BCUT2D eigenvalue weighted by Crippen LogP contribution is -2.39. The van der Waals surface area contributed by atoms with Crippen LogP contribution < -0.4 is 5.32 Å². The van der Waals surface area contributed by atoms with Gasteiger partial charge in [0.15, 0.2) is 0 Å². The molecule has 0 amide bonds. The molecule has 0 spiro atoms. The predicted octanol–water partition coefficient (Wildman–Crippen LogP) is 1.90. The van der Waals surface area contributed by atoms with E-state index in [0.717, 1.165) is 18.7 Å². The zero-order chi connectivity index (χ0) is 13.0. The molecule has 1 N–H and O–H groups in total. The maximum atomic E-state index is 10.8. The number of hydrogen-bond donors (Lipinski definition) is 1. The summed E-state index contributed by atoms with van der Waals surface area (Å²) >= 11 is 0. The molecule has 5 heteroatoms. The molecule has 5 nitrogen and oxygen atoms in total. The first-order valence-electron chi connectivity index (χ1n) is 5.91. The Hall–Kier alpha value is -1.72. The summed E-state index contributed by atoms with van der Waals surface area (Å²) in [6.07, 6.45) is 3.87. The number of rotatable bonds is 3. The molecule has 0 aromatic heterocycles. The first-order valence-corrected chi connectivity index (χ1v) is 5.91. The van der Waals surface area contributed by atoms with Crippen molar-refractivity contribution < 1.29 is 9.66 Å². The van der Waals surface area contributed by atoms with Gasteiger partial charge >= 0.3 is 0 Å². The average molecular weight is 248 g/mol. The lowest BCUT2D eigenvalue weighted by atomic mass is 10.1. The number of nitrogens with one attached hydrogen (secondary N) is 1. The average Bonchev–Trinajstić information content (AvgIpc) is 2.38. The van der Waals surface area contributed by atoms with E-state index >= 15 is 0 Å². The summed E-state index contributed by atoms with van der Waals surface area (Å²) in [5.74, 6) is 0. The van der Waals surface area contributed by atoms with Crippen molar-refractivity contribution >= 4 is 11.8 Å². The van der Waals surface area contributed by atoms with Crippen molar-refractivity contribution in [2.45, 2.75) is 13.0 Å². The molecule has 96 valence electrons. The third kappa shape index (κ3) is 3.15. The Bertz CT molecular complexity index is 465. The van der Waals surface area contributed by atoms with Crippen LogP contribution in [0.15, 0.2) is 24.3 Å². The molecule has 0 saturated carbocycles. The minimum Gasteiger partial charge on any atom is -0.378 e. The smallest absolute Gasteiger partial charge is 0.272 e. The van der Waals surface area contributed by atoms with Gasteiger partial charge in [-0.1, -0.05) is 24.3 Å². The van der Waals surface area contributed by atoms with Crippen molar-refractivity contribution in [2.75, 3.05) is 19.8 Å². The monoisotopic (exact) mass is 248 g/mol. The molecule has 1 fully saturated rings. The van der Waals surface area contributed by atoms with E-state index in [4.69, 9.17) is 4.74 Å². The molecule has 1 atom stereocenters. The van der Waals surface area contributed by atoms with Crippen molar-refractivity contribution in [1.82, 2.24) is 5.32 Å². The van der Waals surface area contributed by atoms with Crippen LogP contribution >= 0.6 is 0 Å². The number of hydrogen-bond acceptors (Lipinski definition) is 4. The number of nitro benzene ring substituents is 1. The van der Waals surface area contributed by atoms with Gasteiger partial charge in [0.1, 0.15) is 0 Å². The molecule has 1 aliphatic heterocycles. The lowest BCUT2D eigenvalue weighted by Gasteiger charge is -2.20. The van der Waals surface area contributed by atoms with E-state index in [1.807, 2.05) is 18.2 Å². The van der Waals surface area contributed by atoms with E-state index in [0.29, 0.717) is 12.2 Å². The summed E-state index contributed by atoms with van der Waals surface area (Å²) in [5, 5.41) is 14.1. The van der Waals surface area contributed by atoms with Gasteiger partial charge in [-0.05, 0) is 12.5 Å². The number of aryl methyl sites for hydroxylation is 1. The van der Waals surface area contributed by atoms with Crippen LogP contribution in [-0.2, 0) is 4.74 Å². The molecule has 1 unspecified atom stereocenters. The molecule has 0 radical (unpaired) electrons. The van der Waals surface area contributed by atoms with E-state index in [1.54, 1.807) is 19.1 Å². The highest BCUT2D eigenvalue weighted by Crippen LogP contribution is 2.20. The first-order chi connectivity index (χ1) is 8.66. The molecule has 1 saturated heterocycles. The van der Waals surface area contributed by atoms with Crippen molar-refractivity contribution in [3.63, 3.8) is 0 Å². The molecular weight excluding hydrogens is 232 g/mol. The molecule has 0 aliphatic carbocycles. The molecule has 0 bridgehead atoms. The standard InChI is InChI=1S/C13H16N2O3/c1-10-2-3-11(8-13(10)15(16)17)4-5-12-9-18-7-6-14-12/h2-5,8,12,14H,6-7,9H2,1H3/b5-4+. The van der Waals surface area contributed by atoms with Crippen molar-refractivity contribution in [3.8, 4) is 0 Å². The number of nitro groups is 1. The Kier molecular flexibility index (Phi) is 4.07. The van der Waals surface area contributed by atoms with Crippen LogP contribution in [-0.4, -0.2) is 30.7 Å². The van der Waals surface area contributed by atoms with E-state index in [9.17, 15) is 10.1 Å². The van der Waals surface area contributed by atoms with Crippen molar-refractivity contribution in [3.05, 3.63) is 45.5 Å². The van der Waals surface area contributed by atoms with Crippen LogP contribution in [0.1, 0.15) is 11.1 Å². The zero-order valence-electron chi connectivity index (χ0n) is 10.3. The Labute approximate surface area is 106 Å². The Morgan fingerprint density at radius 1 is 1.56 bits per heavy atom. The van der Waals surface area contributed by atoms with Gasteiger partial charge in [-0.2, -0.15) is 0 Å². The van der Waals surface area contributed by atoms with E-state index in [1.165, 1.54) is 0 Å². The molecule has 2 rings (SSSR count). The summed E-state index contributed by atoms with van der Waals surface area (Å²) in [4.78, 5) is 10.5. The summed E-state index contributed by atoms with van der Waals surface area (Å²) in [6, 6.07) is 5.42. The maximum Gasteiger partial charge on any atom is 0.272 e. The van der Waals surface area contributed by atoms with Crippen LogP contribution in [0.4, 0.5) is 5.69 Å². The number of morpholine rings is 1. The van der Waals surface area contributed by atoms with E-state index < -0.39 is 0 Å². The topological polar surface area (TPSA) is 64.4 Å². The summed E-state index contributed by atoms with van der Waals surface area (Å²) in [5.41, 5.74) is 1.67. The Balaban J connectivity index is 2.11. The van der Waals surface area contributed by atoms with Gasteiger partial charge in [0.05, 0.1) is 18.1 Å². The van der Waals surface area contributed by atoms with Gasteiger partial charge in [0.25, 0.3) is 5.69 Å². The molecule has 18 heavy (non-hydrogen) atoms. The summed E-state index contributed by atoms with van der Waals surface area (Å²) in [7, 11) is 0. The largest absolute Gasteiger partial charge is 0.378 e. The fraction of sp³-hybridized carbons (Fsp3) is 0.385. The highest BCUT2D eigenvalue weighted by molar-refractivity contribution is 5.56. The van der Waals surface area contributed by atoms with Crippen LogP contribution in [0.5, 0.6) is 0 Å². The Morgan fingerprint density at radius 2 is 2.39 bits per heavy atom. The second-order valence-corrected chi connectivity index (χ2v) is 4.30. The van der Waals surface area contributed by atoms with Crippen LogP contribution in [0.2, 0.25) is 0 Å². The maximum absolute atomic E-state index is 10.8. The Morgan fingerprint density at radius 3 is 3.06 bits per heavy atom. The van der Waals surface area contributed by atoms with Gasteiger partial charge in [-0.25, -0.2) is 0 Å². The molecule has 1 heterocycles. The second-order valence-electron chi connectivity index (χ2n) is 4.30. The molecule has 1 aromatic rings. The second kappa shape index (κ2) is 5.75. The summed E-state index contributed by atoms with van der Waals surface area (Å²) < 4.78 is 5.33. The lowest BCUT2D eigenvalue weighted by molar-refractivity contribution is -0.385. The number of ether oxygens (including phenoxy) is 1. The van der Waals surface area contributed by atoms with Crippen LogP contribution in [0.25, 0.3) is 6.08 Å². The van der Waals surface area contributed by atoms with Gasteiger partial charge < -0.3 is 10.1 Å². The number of benzene rings is 1. The minimum atomic E-state index is -0.353. The normalized spacial score (nSPS) is 20.2. The van der Waals surface area contributed by atoms with Gasteiger partial charge in [0.2, 0.25) is 0 Å². The van der Waals surface area contributed by atoms with Crippen molar-refractivity contribution in [1.29, 1.82) is 0 Å². The van der Waals surface area contributed by atoms with E-state index in [2.05, 4.69) is 5.32 Å². The van der Waals surface area contributed by atoms with Gasteiger partial charge in [0, 0.05) is 24.2 Å². The highest BCUT2D eigenvalue weighted by atomic mass is 16.6. The first kappa shape index (κ1) is 12.7. The molecular formula is C13H16N2O3. The fourth-order valence-electron chi connectivity index (χ4n) is 1.86. The number of nitrogens with zero attached hydrogens (tertiary/aromatic N) is 1. The minimum absolute atomic E-state index is 0.157. The highest BCUT2D eigenvalue weighted by Gasteiger charge is 2.11. The van der Waals surface area contributed by atoms with E-state index in [-0.39, 0.29) is 16.7 Å². The summed E-state index contributed by atoms with van der Waals surface area (Å²) in [6.45, 7) is 3.95. The van der Waals surface area contributed by atoms with Crippen LogP contribution in [0.3, 0.4) is 0 Å². The quantitative estimate of drug-likeness (QED) is 0.655. The third-order valence-electron chi connectivity index (χ3n) is 2.90. The zero-order valence-corrected chi connectivity index (χ0v) is 10.3. The predicted molar refractivity (Wildman–Crippen MR) is 69.5 cm³/mol. The fourth-order valence-corrected chi connectivity index (χ4v) is 1.86.